The molecule has 2 aromatic rings. The first-order valence-corrected chi connectivity index (χ1v) is 10.7. The third kappa shape index (κ3) is 4.22. The Labute approximate surface area is 161 Å². The molecular formula is C21H26N2O3S. The number of benzene rings is 2. The van der Waals surface area contributed by atoms with E-state index >= 15 is 0 Å². The molecule has 1 saturated heterocycles. The molecule has 2 atom stereocenters. The van der Waals surface area contributed by atoms with E-state index in [1.54, 1.807) is 29.6 Å². The number of anilines is 1. The van der Waals surface area contributed by atoms with Crippen molar-refractivity contribution in [2.75, 3.05) is 25.0 Å². The number of hydrogen-bond acceptors (Lipinski definition) is 3. The summed E-state index contributed by atoms with van der Waals surface area (Å²) in [7, 11) is -1.92. The standard InChI is InChI=1S/C21H26N2O3S/c1-16-12-17(2)15-23(14-16)27(25,26)20-11-7-8-18(13-20)21(24)22(3)19-9-5-4-6-10-19/h4-11,13,16-17H,12,14-15H2,1-3H3. The van der Waals surface area contributed by atoms with Crippen LogP contribution in [0.15, 0.2) is 59.5 Å². The van der Waals surface area contributed by atoms with Gasteiger partial charge in [0, 0.05) is 31.4 Å². The van der Waals surface area contributed by atoms with E-state index < -0.39 is 10.0 Å². The molecule has 3 rings (SSSR count). The van der Waals surface area contributed by atoms with E-state index in [0.29, 0.717) is 30.5 Å². The van der Waals surface area contributed by atoms with Crippen LogP contribution in [0.3, 0.4) is 0 Å². The first kappa shape index (κ1) is 19.6. The summed E-state index contributed by atoms with van der Waals surface area (Å²) in [4.78, 5) is 14.5. The number of nitrogens with zero attached hydrogens (tertiary/aromatic N) is 2. The maximum absolute atomic E-state index is 13.1. The number of carbonyl (C=O) groups is 1. The van der Waals surface area contributed by atoms with Crippen molar-refractivity contribution in [1.29, 1.82) is 0 Å². The predicted octanol–water partition coefficient (Wildman–Crippen LogP) is 3.63. The zero-order valence-electron chi connectivity index (χ0n) is 16.0. The summed E-state index contributed by atoms with van der Waals surface area (Å²) in [6, 6.07) is 15.6. The maximum atomic E-state index is 13.1. The molecule has 0 aliphatic carbocycles. The molecule has 0 radical (unpaired) electrons. The molecule has 0 saturated carbocycles. The molecule has 1 amide bonds. The van der Waals surface area contributed by atoms with E-state index in [1.807, 2.05) is 30.3 Å². The number of rotatable bonds is 4. The van der Waals surface area contributed by atoms with Crippen molar-refractivity contribution in [2.45, 2.75) is 25.2 Å². The molecule has 1 fully saturated rings. The zero-order valence-corrected chi connectivity index (χ0v) is 16.8. The molecule has 27 heavy (non-hydrogen) atoms. The Morgan fingerprint density at radius 1 is 1.00 bits per heavy atom. The normalized spacial score (nSPS) is 21.0. The minimum absolute atomic E-state index is 0.177. The fourth-order valence-corrected chi connectivity index (χ4v) is 5.43. The van der Waals surface area contributed by atoms with Gasteiger partial charge in [-0.3, -0.25) is 4.79 Å². The number of piperidine rings is 1. The van der Waals surface area contributed by atoms with Gasteiger partial charge in [0.05, 0.1) is 4.90 Å². The lowest BCUT2D eigenvalue weighted by Crippen LogP contribution is -2.42. The summed E-state index contributed by atoms with van der Waals surface area (Å²) in [6.07, 6.45) is 1.03. The largest absolute Gasteiger partial charge is 0.311 e. The molecular weight excluding hydrogens is 360 g/mol. The Hall–Kier alpha value is -2.18. The molecule has 1 heterocycles. The van der Waals surface area contributed by atoms with Gasteiger partial charge in [-0.1, -0.05) is 38.1 Å². The number of para-hydroxylation sites is 1. The summed E-state index contributed by atoms with van der Waals surface area (Å²) in [5, 5.41) is 0. The van der Waals surface area contributed by atoms with Gasteiger partial charge in [0.15, 0.2) is 0 Å². The van der Waals surface area contributed by atoms with Crippen molar-refractivity contribution in [1.82, 2.24) is 4.31 Å². The van der Waals surface area contributed by atoms with Crippen LogP contribution in [0.1, 0.15) is 30.6 Å². The Morgan fingerprint density at radius 3 is 2.26 bits per heavy atom. The lowest BCUT2D eigenvalue weighted by Gasteiger charge is -2.34. The van der Waals surface area contributed by atoms with Crippen molar-refractivity contribution in [3.05, 3.63) is 60.2 Å². The van der Waals surface area contributed by atoms with Crippen LogP contribution >= 0.6 is 0 Å². The highest BCUT2D eigenvalue weighted by Crippen LogP contribution is 2.27. The fourth-order valence-electron chi connectivity index (χ4n) is 3.70. The molecule has 6 heteroatoms. The molecule has 2 aromatic carbocycles. The number of amides is 1. The average molecular weight is 387 g/mol. The van der Waals surface area contributed by atoms with E-state index in [-0.39, 0.29) is 10.8 Å². The van der Waals surface area contributed by atoms with E-state index in [0.717, 1.165) is 12.1 Å². The van der Waals surface area contributed by atoms with E-state index in [2.05, 4.69) is 13.8 Å². The zero-order chi connectivity index (χ0) is 19.6. The second-order valence-corrected chi connectivity index (χ2v) is 9.43. The predicted molar refractivity (Wildman–Crippen MR) is 107 cm³/mol. The van der Waals surface area contributed by atoms with Crippen LogP contribution in [0.25, 0.3) is 0 Å². The Balaban J connectivity index is 1.88. The molecule has 1 aliphatic heterocycles. The van der Waals surface area contributed by atoms with Crippen LogP contribution in [-0.4, -0.2) is 38.8 Å². The van der Waals surface area contributed by atoms with Crippen LogP contribution in [0.4, 0.5) is 5.69 Å². The van der Waals surface area contributed by atoms with E-state index in [4.69, 9.17) is 0 Å². The van der Waals surface area contributed by atoms with Gasteiger partial charge in [-0.05, 0) is 48.6 Å². The van der Waals surface area contributed by atoms with Crippen molar-refractivity contribution in [3.8, 4) is 0 Å². The smallest absolute Gasteiger partial charge is 0.258 e. The van der Waals surface area contributed by atoms with E-state index in [1.165, 1.54) is 11.0 Å². The first-order valence-electron chi connectivity index (χ1n) is 9.22. The lowest BCUT2D eigenvalue weighted by atomic mass is 9.94. The SMILES string of the molecule is CC1CC(C)CN(S(=O)(=O)c2cccc(C(=O)N(C)c3ccccc3)c2)C1. The summed E-state index contributed by atoms with van der Waals surface area (Å²) >= 11 is 0. The highest BCUT2D eigenvalue weighted by atomic mass is 32.2. The van der Waals surface area contributed by atoms with Crippen LogP contribution in [0.2, 0.25) is 0 Å². The van der Waals surface area contributed by atoms with Crippen LogP contribution in [0, 0.1) is 11.8 Å². The maximum Gasteiger partial charge on any atom is 0.258 e. The Bertz CT molecular complexity index is 902. The monoisotopic (exact) mass is 386 g/mol. The van der Waals surface area contributed by atoms with Gasteiger partial charge in [0.2, 0.25) is 10.0 Å². The van der Waals surface area contributed by atoms with E-state index in [9.17, 15) is 13.2 Å². The van der Waals surface area contributed by atoms with Crippen molar-refractivity contribution in [2.24, 2.45) is 11.8 Å². The van der Waals surface area contributed by atoms with Crippen molar-refractivity contribution < 1.29 is 13.2 Å². The lowest BCUT2D eigenvalue weighted by molar-refractivity contribution is 0.0993. The second-order valence-electron chi connectivity index (χ2n) is 7.50. The van der Waals surface area contributed by atoms with Gasteiger partial charge in [-0.15, -0.1) is 0 Å². The molecule has 0 spiro atoms. The van der Waals surface area contributed by atoms with Gasteiger partial charge in [0.1, 0.15) is 0 Å². The first-order chi connectivity index (χ1) is 12.8. The number of sulfonamides is 1. The molecule has 2 unspecified atom stereocenters. The molecule has 144 valence electrons. The van der Waals surface area contributed by atoms with Crippen molar-refractivity contribution in [3.63, 3.8) is 0 Å². The quantitative estimate of drug-likeness (QED) is 0.806. The van der Waals surface area contributed by atoms with Gasteiger partial charge in [-0.25, -0.2) is 8.42 Å². The molecule has 0 N–H and O–H groups in total. The summed E-state index contributed by atoms with van der Waals surface area (Å²) < 4.78 is 27.7. The van der Waals surface area contributed by atoms with Gasteiger partial charge in [0.25, 0.3) is 5.91 Å². The van der Waals surface area contributed by atoms with Gasteiger partial charge < -0.3 is 4.90 Å². The Kier molecular flexibility index (Phi) is 5.67. The molecule has 0 bridgehead atoms. The summed E-state index contributed by atoms with van der Waals surface area (Å²) in [5.41, 5.74) is 1.12. The van der Waals surface area contributed by atoms with Crippen LogP contribution in [-0.2, 0) is 10.0 Å². The Morgan fingerprint density at radius 2 is 1.63 bits per heavy atom. The molecule has 5 nitrogen and oxygen atoms in total. The summed E-state index contributed by atoms with van der Waals surface area (Å²) in [6.45, 7) is 5.20. The van der Waals surface area contributed by atoms with Crippen LogP contribution < -0.4 is 4.90 Å². The average Bonchev–Trinajstić information content (AvgIpc) is 2.67. The number of carbonyl (C=O) groups excluding carboxylic acids is 1. The third-order valence-corrected chi connectivity index (χ3v) is 6.83. The molecule has 0 aromatic heterocycles. The van der Waals surface area contributed by atoms with Crippen LogP contribution in [0.5, 0.6) is 0 Å². The fraction of sp³-hybridized carbons (Fsp3) is 0.381. The van der Waals surface area contributed by atoms with Gasteiger partial charge >= 0.3 is 0 Å². The highest BCUT2D eigenvalue weighted by Gasteiger charge is 2.32. The molecule has 1 aliphatic rings. The third-order valence-electron chi connectivity index (χ3n) is 5.00. The van der Waals surface area contributed by atoms with Gasteiger partial charge in [-0.2, -0.15) is 4.31 Å². The topological polar surface area (TPSA) is 57.7 Å². The van der Waals surface area contributed by atoms with Crippen molar-refractivity contribution >= 4 is 21.6 Å². The second kappa shape index (κ2) is 7.82. The minimum atomic E-state index is -3.61. The number of hydrogen-bond donors (Lipinski definition) is 0. The minimum Gasteiger partial charge on any atom is -0.311 e. The highest BCUT2D eigenvalue weighted by molar-refractivity contribution is 7.89. The summed E-state index contributed by atoms with van der Waals surface area (Å²) in [5.74, 6) is 0.425.